The summed E-state index contributed by atoms with van der Waals surface area (Å²) in [6.07, 6.45) is 5.68. The van der Waals surface area contributed by atoms with E-state index in [0.717, 1.165) is 30.6 Å². The van der Waals surface area contributed by atoms with Gasteiger partial charge in [0.15, 0.2) is 0 Å². The van der Waals surface area contributed by atoms with Crippen LogP contribution in [-0.2, 0) is 20.4 Å². The fourth-order valence-electron chi connectivity index (χ4n) is 5.13. The van der Waals surface area contributed by atoms with E-state index in [9.17, 15) is 14.4 Å². The Morgan fingerprint density at radius 1 is 1.06 bits per heavy atom. The molecule has 0 radical (unpaired) electrons. The predicted molar refractivity (Wildman–Crippen MR) is 121 cm³/mol. The van der Waals surface area contributed by atoms with Gasteiger partial charge in [0, 0.05) is 18.8 Å². The number of carbonyl (C=O) groups is 1. The van der Waals surface area contributed by atoms with Gasteiger partial charge in [0.25, 0.3) is 0 Å². The van der Waals surface area contributed by atoms with Crippen LogP contribution in [0.1, 0.15) is 50.2 Å². The van der Waals surface area contributed by atoms with Crippen molar-refractivity contribution in [2.75, 3.05) is 19.7 Å². The maximum absolute atomic E-state index is 13.3. The molecule has 0 bridgehead atoms. The van der Waals surface area contributed by atoms with Crippen LogP contribution >= 0.6 is 0 Å². The van der Waals surface area contributed by atoms with Crippen LogP contribution in [0.4, 0.5) is 4.39 Å². The van der Waals surface area contributed by atoms with Gasteiger partial charge in [-0.2, -0.15) is 5.26 Å². The van der Waals surface area contributed by atoms with Crippen LogP contribution in [0.2, 0.25) is 0 Å². The van der Waals surface area contributed by atoms with Crippen molar-refractivity contribution in [3.8, 4) is 6.07 Å². The third-order valence-electron chi connectivity index (χ3n) is 7.12. The van der Waals surface area contributed by atoms with Crippen LogP contribution in [0.25, 0.3) is 0 Å². The first-order chi connectivity index (χ1) is 15.5. The number of halogens is 1. The molecule has 0 spiro atoms. The topological polar surface area (TPSA) is 53.3 Å². The molecule has 0 amide bonds. The maximum Gasteiger partial charge on any atom is 0.316 e. The molecular weight excluding hydrogens is 403 g/mol. The van der Waals surface area contributed by atoms with E-state index in [2.05, 4.69) is 17.0 Å². The third-order valence-corrected chi connectivity index (χ3v) is 7.12. The second-order valence-corrected chi connectivity index (χ2v) is 8.76. The van der Waals surface area contributed by atoms with Crippen molar-refractivity contribution in [3.63, 3.8) is 0 Å². The minimum Gasteiger partial charge on any atom is -0.465 e. The lowest BCUT2D eigenvalue weighted by Crippen LogP contribution is -2.48. The highest BCUT2D eigenvalue weighted by Gasteiger charge is 2.45. The zero-order valence-electron chi connectivity index (χ0n) is 18.5. The van der Waals surface area contributed by atoms with Gasteiger partial charge >= 0.3 is 5.97 Å². The molecule has 4 nitrogen and oxygen atoms in total. The lowest BCUT2D eigenvalue weighted by atomic mass is 9.70. The summed E-state index contributed by atoms with van der Waals surface area (Å²) in [5, 5.41) is 9.93. The molecule has 166 valence electrons. The number of carbonyl (C=O) groups excluding carboxylic acids is 1. The summed E-state index contributed by atoms with van der Waals surface area (Å²) in [6.45, 7) is 3.77. The van der Waals surface area contributed by atoms with Crippen LogP contribution in [0.5, 0.6) is 0 Å². The number of hydrogen-bond acceptors (Lipinski definition) is 4. The van der Waals surface area contributed by atoms with Gasteiger partial charge in [0.05, 0.1) is 23.5 Å². The Hall–Kier alpha value is -3.13. The van der Waals surface area contributed by atoms with Crippen molar-refractivity contribution in [3.05, 3.63) is 83.3 Å². The molecule has 1 unspecified atom stereocenters. The molecule has 2 aliphatic rings. The number of nitrogens with zero attached hydrogens (tertiary/aromatic N) is 2. The summed E-state index contributed by atoms with van der Waals surface area (Å²) in [5.74, 6) is -0.422. The molecule has 1 aliphatic heterocycles. The Morgan fingerprint density at radius 2 is 1.75 bits per heavy atom. The summed E-state index contributed by atoms with van der Waals surface area (Å²) in [4.78, 5) is 15.3. The van der Waals surface area contributed by atoms with Crippen molar-refractivity contribution >= 4 is 5.97 Å². The number of nitriles is 1. The molecule has 0 aromatic heterocycles. The highest BCUT2D eigenvalue weighted by molar-refractivity contribution is 5.83. The second-order valence-electron chi connectivity index (χ2n) is 8.76. The SMILES string of the molecule is CCOC(=O)C1(c2ccccc2)CCN(C2=CCC(C#N)(c3ccc(F)cc3)CC2)CC1. The smallest absolute Gasteiger partial charge is 0.316 e. The first-order valence-electron chi connectivity index (χ1n) is 11.4. The van der Waals surface area contributed by atoms with Crippen molar-refractivity contribution < 1.29 is 13.9 Å². The van der Waals surface area contributed by atoms with Crippen LogP contribution in [-0.4, -0.2) is 30.6 Å². The number of allylic oxidation sites excluding steroid dienone is 2. The molecule has 5 heteroatoms. The Labute approximate surface area is 189 Å². The fraction of sp³-hybridized carbons (Fsp3) is 0.407. The van der Waals surface area contributed by atoms with E-state index < -0.39 is 10.8 Å². The van der Waals surface area contributed by atoms with Crippen LogP contribution < -0.4 is 0 Å². The van der Waals surface area contributed by atoms with E-state index >= 15 is 0 Å². The van der Waals surface area contributed by atoms with Gasteiger partial charge in [-0.3, -0.25) is 4.79 Å². The second kappa shape index (κ2) is 9.16. The van der Waals surface area contributed by atoms with E-state index in [0.29, 0.717) is 32.3 Å². The molecule has 2 aromatic carbocycles. The zero-order chi connectivity index (χ0) is 22.6. The van der Waals surface area contributed by atoms with Crippen molar-refractivity contribution in [2.24, 2.45) is 0 Å². The molecule has 0 N–H and O–H groups in total. The van der Waals surface area contributed by atoms with Gasteiger partial charge in [-0.05, 0) is 62.3 Å². The zero-order valence-corrected chi connectivity index (χ0v) is 18.5. The fourth-order valence-corrected chi connectivity index (χ4v) is 5.13. The lowest BCUT2D eigenvalue weighted by molar-refractivity contribution is -0.152. The summed E-state index contributed by atoms with van der Waals surface area (Å²) >= 11 is 0. The average Bonchev–Trinajstić information content (AvgIpc) is 2.85. The summed E-state index contributed by atoms with van der Waals surface area (Å²) in [6, 6.07) is 18.8. The molecule has 1 heterocycles. The first-order valence-corrected chi connectivity index (χ1v) is 11.4. The van der Waals surface area contributed by atoms with E-state index in [1.54, 1.807) is 12.1 Å². The van der Waals surface area contributed by atoms with Crippen LogP contribution in [0.15, 0.2) is 66.4 Å². The molecule has 1 atom stereocenters. The van der Waals surface area contributed by atoms with Crippen molar-refractivity contribution in [2.45, 2.75) is 49.9 Å². The Bertz CT molecular complexity index is 1020. The molecule has 4 rings (SSSR count). The van der Waals surface area contributed by atoms with Crippen LogP contribution in [0.3, 0.4) is 0 Å². The highest BCUT2D eigenvalue weighted by atomic mass is 19.1. The average molecular weight is 433 g/mol. The van der Waals surface area contributed by atoms with Crippen molar-refractivity contribution in [1.82, 2.24) is 4.90 Å². The van der Waals surface area contributed by atoms with Gasteiger partial charge in [-0.25, -0.2) is 4.39 Å². The van der Waals surface area contributed by atoms with E-state index in [1.165, 1.54) is 17.8 Å². The predicted octanol–water partition coefficient (Wildman–Crippen LogP) is 5.25. The van der Waals surface area contributed by atoms with Crippen LogP contribution in [0, 0.1) is 17.1 Å². The Kier molecular flexibility index (Phi) is 6.32. The number of piperidine rings is 1. The molecule has 1 aliphatic carbocycles. The number of hydrogen-bond donors (Lipinski definition) is 0. The van der Waals surface area contributed by atoms with Crippen molar-refractivity contribution in [1.29, 1.82) is 5.26 Å². The van der Waals surface area contributed by atoms with E-state index in [1.807, 2.05) is 37.3 Å². The monoisotopic (exact) mass is 432 g/mol. The molecular formula is C27H29FN2O2. The van der Waals surface area contributed by atoms with E-state index in [-0.39, 0.29) is 11.8 Å². The number of rotatable bonds is 5. The quantitative estimate of drug-likeness (QED) is 0.606. The summed E-state index contributed by atoms with van der Waals surface area (Å²) in [5.41, 5.74) is 1.93. The molecule has 1 saturated heterocycles. The molecule has 2 aromatic rings. The van der Waals surface area contributed by atoms with Gasteiger partial charge in [-0.15, -0.1) is 0 Å². The standard InChI is InChI=1S/C27H29FN2O2/c1-2-32-25(31)27(22-6-4-3-5-7-22)16-18-30(19-17-27)24-12-14-26(20-29,15-13-24)21-8-10-23(28)11-9-21/h3-12H,2,13-19H2,1H3. The van der Waals surface area contributed by atoms with Gasteiger partial charge in [-0.1, -0.05) is 48.5 Å². The number of ether oxygens (including phenoxy) is 1. The summed E-state index contributed by atoms with van der Waals surface area (Å²) in [7, 11) is 0. The first kappa shape index (κ1) is 22.1. The minimum absolute atomic E-state index is 0.136. The minimum atomic E-state index is -0.605. The number of esters is 1. The lowest BCUT2D eigenvalue weighted by Gasteiger charge is -2.43. The molecule has 1 fully saturated rings. The number of benzene rings is 2. The Morgan fingerprint density at radius 3 is 2.31 bits per heavy atom. The molecule has 32 heavy (non-hydrogen) atoms. The van der Waals surface area contributed by atoms with Gasteiger partial charge < -0.3 is 9.64 Å². The maximum atomic E-state index is 13.3. The summed E-state index contributed by atoms with van der Waals surface area (Å²) < 4.78 is 18.8. The highest BCUT2D eigenvalue weighted by Crippen LogP contribution is 2.42. The third kappa shape index (κ3) is 4.02. The van der Waals surface area contributed by atoms with Gasteiger partial charge in [0.2, 0.25) is 0 Å². The Balaban J connectivity index is 1.50. The largest absolute Gasteiger partial charge is 0.465 e. The van der Waals surface area contributed by atoms with E-state index in [4.69, 9.17) is 4.74 Å². The normalized spacial score (nSPS) is 22.5. The number of likely N-dealkylation sites (tertiary alicyclic amines) is 1. The molecule has 0 saturated carbocycles. The van der Waals surface area contributed by atoms with Gasteiger partial charge in [0.1, 0.15) is 5.82 Å².